The fourth-order valence-corrected chi connectivity index (χ4v) is 2.90. The molecule has 0 aliphatic carbocycles. The Hall–Kier alpha value is -1.41. The Morgan fingerprint density at radius 2 is 2.21 bits per heavy atom. The molecule has 0 bridgehead atoms. The van der Waals surface area contributed by atoms with Gasteiger partial charge in [0.2, 0.25) is 5.96 Å². The Kier molecular flexibility index (Phi) is 6.51. The molecule has 0 saturated heterocycles. The number of hydrazine groups is 1. The van der Waals surface area contributed by atoms with Crippen LogP contribution in [0.1, 0.15) is 39.0 Å². The number of nitrogens with two attached hydrogens (primary N) is 3. The lowest BCUT2D eigenvalue weighted by molar-refractivity contribution is -0.119. The zero-order valence-corrected chi connectivity index (χ0v) is 11.9. The van der Waals surface area contributed by atoms with Crippen molar-refractivity contribution in [2.24, 2.45) is 22.4 Å². The van der Waals surface area contributed by atoms with Gasteiger partial charge < -0.3 is 11.5 Å². The van der Waals surface area contributed by atoms with E-state index in [0.29, 0.717) is 5.70 Å². The van der Waals surface area contributed by atoms with Crippen LogP contribution in [0.2, 0.25) is 0 Å². The number of nitrogens with zero attached hydrogens (tertiary/aromatic N) is 2. The lowest BCUT2D eigenvalue weighted by Crippen LogP contribution is -2.39. The second-order valence-electron chi connectivity index (χ2n) is 4.29. The maximum Gasteiger partial charge on any atom is 0.283 e. The summed E-state index contributed by atoms with van der Waals surface area (Å²) in [5.41, 5.74) is 13.3. The van der Waals surface area contributed by atoms with E-state index in [4.69, 9.17) is 17.3 Å². The van der Waals surface area contributed by atoms with Gasteiger partial charge in [-0.2, -0.15) is 0 Å². The van der Waals surface area contributed by atoms with Crippen LogP contribution in [-0.2, 0) is 4.79 Å². The lowest BCUT2D eigenvalue weighted by atomic mass is 10.1. The molecular formula is C11H22N6OS. The van der Waals surface area contributed by atoms with Gasteiger partial charge in [-0.3, -0.25) is 10.2 Å². The number of guanidine groups is 1. The molecule has 1 heterocycles. The molecule has 0 fully saturated rings. The quantitative estimate of drug-likeness (QED) is 0.134. The lowest BCUT2D eigenvalue weighted by Gasteiger charge is -2.23. The van der Waals surface area contributed by atoms with Gasteiger partial charge >= 0.3 is 0 Å². The van der Waals surface area contributed by atoms with Gasteiger partial charge in [0, 0.05) is 5.41 Å². The van der Waals surface area contributed by atoms with Crippen molar-refractivity contribution in [2.75, 3.05) is 0 Å². The summed E-state index contributed by atoms with van der Waals surface area (Å²) in [5.74, 6) is 4.68. The topological polar surface area (TPSA) is 123 Å². The molecule has 1 aliphatic heterocycles. The van der Waals surface area contributed by atoms with Crippen LogP contribution in [0.4, 0.5) is 0 Å². The van der Waals surface area contributed by atoms with Crippen LogP contribution in [0.15, 0.2) is 16.2 Å². The number of unbranched alkanes of at least 4 members (excludes halogenated alkanes) is 3. The first-order valence-corrected chi connectivity index (χ1v) is 7.29. The highest BCUT2D eigenvalue weighted by molar-refractivity contribution is 8.02. The van der Waals surface area contributed by atoms with E-state index in [0.717, 1.165) is 12.8 Å². The van der Waals surface area contributed by atoms with Crippen molar-refractivity contribution in [3.8, 4) is 0 Å². The SMILES string of the molecule is CCCCCCC1SC=C(C(=O)NN)N1N=C(N)N. The van der Waals surface area contributed by atoms with Crippen molar-refractivity contribution in [1.82, 2.24) is 10.4 Å². The summed E-state index contributed by atoms with van der Waals surface area (Å²) in [4.78, 5) is 11.6. The van der Waals surface area contributed by atoms with Crippen LogP contribution in [0.3, 0.4) is 0 Å². The summed E-state index contributed by atoms with van der Waals surface area (Å²) in [5, 5.41) is 7.34. The van der Waals surface area contributed by atoms with E-state index < -0.39 is 5.91 Å². The molecular weight excluding hydrogens is 264 g/mol. The molecule has 1 unspecified atom stereocenters. The molecule has 1 aliphatic rings. The van der Waals surface area contributed by atoms with Gasteiger partial charge in [-0.25, -0.2) is 10.9 Å². The third-order valence-electron chi connectivity index (χ3n) is 2.75. The van der Waals surface area contributed by atoms with Crippen molar-refractivity contribution in [1.29, 1.82) is 0 Å². The van der Waals surface area contributed by atoms with E-state index in [1.165, 1.54) is 31.0 Å². The first-order valence-electron chi connectivity index (χ1n) is 6.35. The number of nitrogens with one attached hydrogen (secondary N) is 1. The summed E-state index contributed by atoms with van der Waals surface area (Å²) >= 11 is 1.53. The molecule has 7 N–H and O–H groups in total. The Bertz CT molecular complexity index is 366. The van der Waals surface area contributed by atoms with Crippen LogP contribution >= 0.6 is 11.8 Å². The van der Waals surface area contributed by atoms with Crippen LogP contribution in [0.25, 0.3) is 0 Å². The average Bonchev–Trinajstić information content (AvgIpc) is 2.76. The predicted molar refractivity (Wildman–Crippen MR) is 78.2 cm³/mol. The molecule has 8 heteroatoms. The number of hydrogen-bond acceptors (Lipinski definition) is 5. The second kappa shape index (κ2) is 7.90. The molecule has 7 nitrogen and oxygen atoms in total. The van der Waals surface area contributed by atoms with E-state index >= 15 is 0 Å². The highest BCUT2D eigenvalue weighted by Crippen LogP contribution is 2.34. The summed E-state index contributed by atoms with van der Waals surface area (Å²) in [6.45, 7) is 2.17. The molecule has 0 aromatic heterocycles. The normalized spacial score (nSPS) is 18.1. The van der Waals surface area contributed by atoms with Gasteiger partial charge in [0.15, 0.2) is 0 Å². The average molecular weight is 286 g/mol. The number of rotatable bonds is 7. The number of carbonyl (C=O) groups is 1. The zero-order chi connectivity index (χ0) is 14.3. The molecule has 0 aromatic rings. The monoisotopic (exact) mass is 286 g/mol. The van der Waals surface area contributed by atoms with Gasteiger partial charge in [-0.05, 0) is 6.42 Å². The summed E-state index contributed by atoms with van der Waals surface area (Å²) in [6.07, 6.45) is 5.56. The minimum atomic E-state index is -0.395. The highest BCUT2D eigenvalue weighted by atomic mass is 32.2. The fraction of sp³-hybridized carbons (Fsp3) is 0.636. The van der Waals surface area contributed by atoms with Crippen molar-refractivity contribution < 1.29 is 4.79 Å². The molecule has 108 valence electrons. The standard InChI is InChI=1S/C11H22N6OS/c1-2-3-4-5-6-9-17(16-11(12)13)8(7-19-9)10(18)15-14/h7,9H,2-6,14H2,1H3,(H,15,18)(H4,12,13,16). The van der Waals surface area contributed by atoms with Gasteiger partial charge in [0.25, 0.3) is 5.91 Å². The van der Waals surface area contributed by atoms with Crippen LogP contribution in [-0.4, -0.2) is 22.2 Å². The number of hydrogen-bond donors (Lipinski definition) is 4. The van der Waals surface area contributed by atoms with Crippen molar-refractivity contribution in [3.63, 3.8) is 0 Å². The maximum absolute atomic E-state index is 11.6. The van der Waals surface area contributed by atoms with Crippen molar-refractivity contribution >= 4 is 23.6 Å². The summed E-state index contributed by atoms with van der Waals surface area (Å²) in [7, 11) is 0. The van der Waals surface area contributed by atoms with Crippen LogP contribution < -0.4 is 22.7 Å². The maximum atomic E-state index is 11.6. The van der Waals surface area contributed by atoms with Gasteiger partial charge in [0.1, 0.15) is 11.1 Å². The first-order chi connectivity index (χ1) is 9.10. The molecule has 0 aromatic carbocycles. The predicted octanol–water partition coefficient (Wildman–Crippen LogP) is 0.351. The number of thioether (sulfide) groups is 1. The number of amides is 1. The second-order valence-corrected chi connectivity index (χ2v) is 5.34. The molecule has 0 radical (unpaired) electrons. The van der Waals surface area contributed by atoms with E-state index in [-0.39, 0.29) is 11.3 Å². The van der Waals surface area contributed by atoms with Gasteiger partial charge in [-0.15, -0.1) is 16.9 Å². The molecule has 1 rings (SSSR count). The van der Waals surface area contributed by atoms with Crippen molar-refractivity contribution in [2.45, 2.75) is 44.4 Å². The minimum absolute atomic E-state index is 0.0475. The Balaban J connectivity index is 2.63. The zero-order valence-electron chi connectivity index (χ0n) is 11.1. The van der Waals surface area contributed by atoms with E-state index in [1.54, 1.807) is 10.4 Å². The van der Waals surface area contributed by atoms with E-state index in [2.05, 4.69) is 17.5 Å². The largest absolute Gasteiger partial charge is 0.369 e. The number of carbonyl (C=O) groups excluding carboxylic acids is 1. The number of hydrazone groups is 1. The summed E-state index contributed by atoms with van der Waals surface area (Å²) in [6, 6.07) is 0. The van der Waals surface area contributed by atoms with Crippen LogP contribution in [0, 0.1) is 0 Å². The Morgan fingerprint density at radius 1 is 1.47 bits per heavy atom. The Labute approximate surface area is 117 Å². The van der Waals surface area contributed by atoms with Gasteiger partial charge in [-0.1, -0.05) is 32.6 Å². The minimum Gasteiger partial charge on any atom is -0.369 e. The van der Waals surface area contributed by atoms with E-state index in [9.17, 15) is 4.79 Å². The summed E-state index contributed by atoms with van der Waals surface area (Å²) < 4.78 is 0. The third kappa shape index (κ3) is 4.64. The third-order valence-corrected chi connectivity index (χ3v) is 3.86. The first kappa shape index (κ1) is 15.6. The van der Waals surface area contributed by atoms with E-state index in [1.807, 2.05) is 0 Å². The molecule has 1 atom stereocenters. The van der Waals surface area contributed by atoms with Gasteiger partial charge in [0.05, 0.1) is 0 Å². The molecule has 0 saturated carbocycles. The van der Waals surface area contributed by atoms with Crippen LogP contribution in [0.5, 0.6) is 0 Å². The molecule has 19 heavy (non-hydrogen) atoms. The smallest absolute Gasteiger partial charge is 0.283 e. The molecule has 0 spiro atoms. The Morgan fingerprint density at radius 3 is 2.79 bits per heavy atom. The highest BCUT2D eigenvalue weighted by Gasteiger charge is 2.30. The molecule has 1 amide bonds. The van der Waals surface area contributed by atoms with Crippen molar-refractivity contribution in [3.05, 3.63) is 11.1 Å². The fourth-order valence-electron chi connectivity index (χ4n) is 1.82.